The molecule has 4 heterocycles. The number of aromatic nitrogens is 3. The summed E-state index contributed by atoms with van der Waals surface area (Å²) in [6, 6.07) is 11.1. The smallest absolute Gasteiger partial charge is 0.281 e. The highest BCUT2D eigenvalue weighted by Gasteiger charge is 2.27. The lowest BCUT2D eigenvalue weighted by molar-refractivity contribution is 0.0981. The van der Waals surface area contributed by atoms with Gasteiger partial charge in [-0.1, -0.05) is 13.0 Å². The van der Waals surface area contributed by atoms with Crippen molar-refractivity contribution in [2.24, 2.45) is 5.92 Å². The van der Waals surface area contributed by atoms with Crippen LogP contribution in [0.25, 0.3) is 11.3 Å². The number of anilines is 2. The fourth-order valence-corrected chi connectivity index (χ4v) is 5.00. The van der Waals surface area contributed by atoms with Crippen molar-refractivity contribution in [2.75, 3.05) is 23.7 Å². The van der Waals surface area contributed by atoms with E-state index in [2.05, 4.69) is 21.6 Å². The van der Waals surface area contributed by atoms with Crippen molar-refractivity contribution in [3.8, 4) is 17.1 Å². The number of nitrogens with two attached hydrogens (primary N) is 1. The van der Waals surface area contributed by atoms with Gasteiger partial charge in [-0.25, -0.2) is 19.7 Å². The van der Waals surface area contributed by atoms with E-state index < -0.39 is 15.9 Å². The van der Waals surface area contributed by atoms with Crippen molar-refractivity contribution in [1.82, 2.24) is 19.7 Å². The first kappa shape index (κ1) is 25.4. The number of pyridine rings is 3. The molecule has 1 saturated heterocycles. The summed E-state index contributed by atoms with van der Waals surface area (Å²) in [5.41, 5.74) is 7.14. The lowest BCUT2D eigenvalue weighted by Gasteiger charge is -2.33. The number of amides is 1. The highest BCUT2D eigenvalue weighted by Crippen LogP contribution is 2.29. The first-order valence-corrected chi connectivity index (χ1v) is 13.3. The van der Waals surface area contributed by atoms with Crippen LogP contribution in [0.1, 0.15) is 45.4 Å². The molecular weight excluding hydrogens is 480 g/mol. The topological polar surface area (TPSA) is 140 Å². The fourth-order valence-electron chi connectivity index (χ4n) is 4.06. The van der Waals surface area contributed by atoms with Crippen LogP contribution in [0.2, 0.25) is 0 Å². The van der Waals surface area contributed by atoms with Gasteiger partial charge in [-0.3, -0.25) is 4.79 Å². The van der Waals surface area contributed by atoms with Gasteiger partial charge >= 0.3 is 0 Å². The third-order valence-corrected chi connectivity index (χ3v) is 6.94. The molecule has 10 nitrogen and oxygen atoms in total. The van der Waals surface area contributed by atoms with Crippen LogP contribution in [0, 0.1) is 5.92 Å². The Morgan fingerprint density at radius 1 is 1.19 bits per heavy atom. The number of rotatable bonds is 7. The van der Waals surface area contributed by atoms with Gasteiger partial charge in [0.05, 0.1) is 17.4 Å². The zero-order chi connectivity index (χ0) is 25.9. The molecule has 0 radical (unpaired) electrons. The third-order valence-electron chi connectivity index (χ3n) is 5.71. The van der Waals surface area contributed by atoms with Gasteiger partial charge in [-0.15, -0.1) is 0 Å². The summed E-state index contributed by atoms with van der Waals surface area (Å²) in [5.74, 6) is 0.600. The first-order valence-electron chi connectivity index (χ1n) is 11.8. The lowest BCUT2D eigenvalue weighted by Crippen LogP contribution is -2.38. The molecule has 36 heavy (non-hydrogen) atoms. The largest absolute Gasteiger partial charge is 0.475 e. The second-order valence-corrected chi connectivity index (χ2v) is 10.8. The molecule has 3 aromatic rings. The number of nitrogens with one attached hydrogen (secondary N) is 1. The van der Waals surface area contributed by atoms with Gasteiger partial charge in [0, 0.05) is 32.3 Å². The van der Waals surface area contributed by atoms with E-state index in [4.69, 9.17) is 15.5 Å². The fraction of sp³-hybridized carbons (Fsp3) is 0.360. The number of nitrogen functional groups attached to an aromatic ring is 1. The molecule has 0 aliphatic carbocycles. The van der Waals surface area contributed by atoms with Crippen LogP contribution in [0.15, 0.2) is 53.7 Å². The minimum absolute atomic E-state index is 0. The number of piperidine rings is 1. The Labute approximate surface area is 212 Å². The average molecular weight is 513 g/mol. The van der Waals surface area contributed by atoms with E-state index in [0.717, 1.165) is 18.4 Å². The normalized spacial score (nSPS) is 16.1. The molecule has 11 heteroatoms. The molecule has 1 atom stereocenters. The molecule has 4 rings (SSSR count). The monoisotopic (exact) mass is 512 g/mol. The van der Waals surface area contributed by atoms with E-state index in [1.165, 1.54) is 18.2 Å². The Hall–Kier alpha value is -3.73. The molecule has 1 amide bonds. The Morgan fingerprint density at radius 3 is 2.67 bits per heavy atom. The summed E-state index contributed by atoms with van der Waals surface area (Å²) < 4.78 is 33.3. The summed E-state index contributed by atoms with van der Waals surface area (Å²) in [4.78, 5) is 28.2. The second-order valence-electron chi connectivity index (χ2n) is 9.15. The number of hydrogen-bond donors (Lipinski definition) is 2. The molecule has 1 fully saturated rings. The van der Waals surface area contributed by atoms with Crippen LogP contribution in [-0.2, 0) is 10.0 Å². The number of carbonyl (C=O) groups is 1. The first-order chi connectivity index (χ1) is 17.1. The summed E-state index contributed by atoms with van der Waals surface area (Å²) in [7, 11) is -4.23. The molecule has 0 spiro atoms. The molecule has 1 aliphatic rings. The van der Waals surface area contributed by atoms with Gasteiger partial charge in [-0.05, 0) is 62.9 Å². The molecule has 0 aromatic carbocycles. The number of ether oxygens (including phenoxy) is 1. The summed E-state index contributed by atoms with van der Waals surface area (Å²) in [6.07, 6.45) is 3.70. The summed E-state index contributed by atoms with van der Waals surface area (Å²) >= 11 is 0. The molecule has 192 valence electrons. The number of sulfonamides is 1. The van der Waals surface area contributed by atoms with Gasteiger partial charge < -0.3 is 15.4 Å². The van der Waals surface area contributed by atoms with Crippen molar-refractivity contribution in [3.05, 3.63) is 54.2 Å². The van der Waals surface area contributed by atoms with Gasteiger partial charge in [-0.2, -0.15) is 8.42 Å². The zero-order valence-corrected chi connectivity index (χ0v) is 21.3. The Morgan fingerprint density at radius 2 is 2.00 bits per heavy atom. The van der Waals surface area contributed by atoms with Crippen LogP contribution in [-0.4, -0.2) is 48.5 Å². The van der Waals surface area contributed by atoms with Crippen molar-refractivity contribution in [3.63, 3.8) is 0 Å². The quantitative estimate of drug-likeness (QED) is 0.486. The van der Waals surface area contributed by atoms with E-state index in [1.54, 1.807) is 24.4 Å². The average Bonchev–Trinajstić information content (AvgIpc) is 2.83. The van der Waals surface area contributed by atoms with E-state index in [-0.39, 0.29) is 23.9 Å². The van der Waals surface area contributed by atoms with Crippen molar-refractivity contribution >= 4 is 27.6 Å². The number of nitrogens with zero attached hydrogens (tertiary/aromatic N) is 4. The molecule has 1 unspecified atom stereocenters. The molecule has 3 aromatic heterocycles. The highest BCUT2D eigenvalue weighted by atomic mass is 32.2. The SMILES string of the molecule is CC1CCCN(c2nc(-c3ccc(OC(C)C)nc3)ccc2C(=O)NS(=O)(=O)c2cccc(N)n2)C1.[HH]. The maximum absolute atomic E-state index is 13.2. The van der Waals surface area contributed by atoms with Gasteiger partial charge in [0.2, 0.25) is 5.88 Å². The van der Waals surface area contributed by atoms with Crippen molar-refractivity contribution < 1.29 is 19.4 Å². The Kier molecular flexibility index (Phi) is 7.39. The van der Waals surface area contributed by atoms with Gasteiger partial charge in [0.15, 0.2) is 5.03 Å². The number of carbonyl (C=O) groups excluding carboxylic acids is 1. The van der Waals surface area contributed by atoms with E-state index in [1.807, 2.05) is 24.8 Å². The number of hydrogen-bond acceptors (Lipinski definition) is 9. The van der Waals surface area contributed by atoms with Gasteiger partial charge in [0.1, 0.15) is 11.6 Å². The van der Waals surface area contributed by atoms with Crippen LogP contribution in [0.5, 0.6) is 5.88 Å². The van der Waals surface area contributed by atoms with E-state index in [0.29, 0.717) is 36.4 Å². The van der Waals surface area contributed by atoms with Crippen LogP contribution in [0.3, 0.4) is 0 Å². The van der Waals surface area contributed by atoms with E-state index >= 15 is 0 Å². The Bertz CT molecular complexity index is 1350. The molecule has 0 bridgehead atoms. The standard InChI is InChI=1S/C25H30N6O4S.H2/c1-16(2)35-22-12-9-18(14-27-22)20-11-10-19(24(28-20)31-13-5-6-17(3)15-31)25(32)30-36(33,34)23-8-4-7-21(26)29-23;/h4,7-12,14,16-17H,5-6,13,15H2,1-3H3,(H2,26,29)(H,30,32);1H. The van der Waals surface area contributed by atoms with Crippen molar-refractivity contribution in [2.45, 2.75) is 44.7 Å². The summed E-state index contributed by atoms with van der Waals surface area (Å²) in [6.45, 7) is 7.42. The predicted octanol–water partition coefficient (Wildman–Crippen LogP) is 3.51. The van der Waals surface area contributed by atoms with Crippen LogP contribution < -0.4 is 20.1 Å². The highest BCUT2D eigenvalue weighted by molar-refractivity contribution is 7.90. The lowest BCUT2D eigenvalue weighted by atomic mass is 9.99. The molecular formula is C25H32N6O4S. The molecule has 1 aliphatic heterocycles. The second kappa shape index (κ2) is 10.5. The molecule has 3 N–H and O–H groups in total. The van der Waals surface area contributed by atoms with Gasteiger partial charge in [0.25, 0.3) is 15.9 Å². The third kappa shape index (κ3) is 5.91. The van der Waals surface area contributed by atoms with E-state index in [9.17, 15) is 13.2 Å². The van der Waals surface area contributed by atoms with Crippen LogP contribution in [0.4, 0.5) is 11.6 Å². The molecule has 0 saturated carbocycles. The maximum atomic E-state index is 13.2. The predicted molar refractivity (Wildman–Crippen MR) is 139 cm³/mol. The maximum Gasteiger partial charge on any atom is 0.281 e. The minimum Gasteiger partial charge on any atom is -0.475 e. The van der Waals surface area contributed by atoms with Crippen LogP contribution >= 0.6 is 0 Å². The minimum atomic E-state index is -4.23. The Balaban J connectivity index is 0.00000380. The summed E-state index contributed by atoms with van der Waals surface area (Å²) in [5, 5.41) is -0.330. The zero-order valence-electron chi connectivity index (χ0n) is 20.5. The van der Waals surface area contributed by atoms with Crippen molar-refractivity contribution in [1.29, 1.82) is 0 Å².